The Labute approximate surface area is 213 Å². The van der Waals surface area contributed by atoms with Gasteiger partial charge in [0.25, 0.3) is 11.8 Å². The van der Waals surface area contributed by atoms with Gasteiger partial charge >= 0.3 is 0 Å². The molecule has 0 atom stereocenters. The summed E-state index contributed by atoms with van der Waals surface area (Å²) in [5.74, 6) is 0.524. The van der Waals surface area contributed by atoms with Crippen LogP contribution in [-0.2, 0) is 0 Å². The van der Waals surface area contributed by atoms with Crippen LogP contribution in [-0.4, -0.2) is 72.6 Å². The van der Waals surface area contributed by atoms with Crippen LogP contribution in [0.15, 0.2) is 41.8 Å². The van der Waals surface area contributed by atoms with Gasteiger partial charge in [-0.05, 0) is 53.6 Å². The highest BCUT2D eigenvalue weighted by molar-refractivity contribution is 14.1. The quantitative estimate of drug-likeness (QED) is 0.311. The number of anilines is 2. The minimum Gasteiger partial charge on any atom is -0.382 e. The van der Waals surface area contributed by atoms with Gasteiger partial charge < -0.3 is 21.7 Å². The van der Waals surface area contributed by atoms with E-state index in [4.69, 9.17) is 11.5 Å². The molecule has 2 amide bonds. The molecule has 1 saturated heterocycles. The van der Waals surface area contributed by atoms with Gasteiger partial charge in [0, 0.05) is 31.7 Å². The van der Waals surface area contributed by atoms with Crippen LogP contribution in [0.4, 0.5) is 11.6 Å². The number of likely N-dealkylation sites (tertiary alicyclic amines) is 1. The summed E-state index contributed by atoms with van der Waals surface area (Å²) in [6.45, 7) is 1.60. The van der Waals surface area contributed by atoms with Crippen LogP contribution in [0.5, 0.6) is 0 Å². The molecule has 0 saturated carbocycles. The van der Waals surface area contributed by atoms with Gasteiger partial charge in [-0.3, -0.25) is 19.9 Å². The number of nitrogen functional groups attached to an aromatic ring is 2. The zero-order chi connectivity index (χ0) is 24.6. The van der Waals surface area contributed by atoms with Gasteiger partial charge in [0.15, 0.2) is 29.1 Å². The van der Waals surface area contributed by atoms with Crippen molar-refractivity contribution >= 4 is 52.0 Å². The normalized spacial score (nSPS) is 16.6. The van der Waals surface area contributed by atoms with E-state index in [9.17, 15) is 9.59 Å². The second-order valence-corrected chi connectivity index (χ2v) is 9.33. The van der Waals surface area contributed by atoms with Crippen LogP contribution >= 0.6 is 22.6 Å². The van der Waals surface area contributed by atoms with E-state index in [1.807, 2.05) is 28.7 Å². The number of nitrogens with one attached hydrogen (secondary N) is 2. The van der Waals surface area contributed by atoms with E-state index in [-0.39, 0.29) is 28.8 Å². The topological polar surface area (TPSA) is 182 Å². The molecule has 180 valence electrons. The number of halogens is 1. The molecule has 1 spiro atoms. The Morgan fingerprint density at radius 2 is 1.94 bits per heavy atom. The minimum absolute atomic E-state index is 0.0124. The molecule has 3 aromatic heterocycles. The molecule has 35 heavy (non-hydrogen) atoms. The van der Waals surface area contributed by atoms with Crippen molar-refractivity contribution in [3.05, 3.63) is 51.7 Å². The summed E-state index contributed by atoms with van der Waals surface area (Å²) in [5, 5.41) is 10.2. The Morgan fingerprint density at radius 3 is 2.63 bits per heavy atom. The first kappa shape index (κ1) is 22.9. The lowest BCUT2D eigenvalue weighted by molar-refractivity contribution is 0.0668. The third-order valence-corrected chi connectivity index (χ3v) is 6.81. The van der Waals surface area contributed by atoms with Crippen LogP contribution < -0.4 is 22.1 Å². The summed E-state index contributed by atoms with van der Waals surface area (Å²) in [7, 11) is 0. The summed E-state index contributed by atoms with van der Waals surface area (Å²) in [6, 6.07) is 5.34. The predicted molar refractivity (Wildman–Crippen MR) is 136 cm³/mol. The van der Waals surface area contributed by atoms with E-state index in [0.29, 0.717) is 53.5 Å². The van der Waals surface area contributed by atoms with E-state index in [2.05, 4.69) is 35.7 Å². The average molecular weight is 587 g/mol. The number of aromatic nitrogens is 5. The Balaban J connectivity index is 1.17. The molecule has 0 bridgehead atoms. The predicted octanol–water partition coefficient (Wildman–Crippen LogP) is 0.190. The van der Waals surface area contributed by atoms with Crippen LogP contribution in [0, 0.1) is 3.70 Å². The first-order chi connectivity index (χ1) is 16.8. The molecule has 0 radical (unpaired) electrons. The number of hydrogen-bond donors (Lipinski definition) is 4. The van der Waals surface area contributed by atoms with E-state index in [1.54, 1.807) is 40.3 Å². The van der Waals surface area contributed by atoms with E-state index in [0.717, 1.165) is 0 Å². The van der Waals surface area contributed by atoms with Crippen molar-refractivity contribution in [2.24, 2.45) is 4.99 Å². The molecular weight excluding hydrogens is 565 g/mol. The van der Waals surface area contributed by atoms with Crippen LogP contribution in [0.1, 0.15) is 33.7 Å². The van der Waals surface area contributed by atoms with Crippen molar-refractivity contribution in [1.82, 2.24) is 40.3 Å². The monoisotopic (exact) mass is 587 g/mol. The van der Waals surface area contributed by atoms with Gasteiger partial charge in [-0.1, -0.05) is 0 Å². The number of nitrogens with zero attached hydrogens (tertiary/aromatic N) is 7. The standard InChI is InChI=1S/C21H22IN11O2/c22-15-17(24)29-16(23)14(28-15)18(34)30-20-26-11-21(31-20)4-8-32(9-5-21)19(35)12-2-3-13(25-10-12)33-7-1-6-27-33/h1-3,6-7,10H,4-5,8-9,11H2,(H4,23,24,29)(H2,26,30,31,34). The maximum absolute atomic E-state index is 13.0. The van der Waals surface area contributed by atoms with Crippen molar-refractivity contribution in [1.29, 1.82) is 0 Å². The third-order valence-electron chi connectivity index (χ3n) is 6.02. The number of pyridine rings is 1. The summed E-state index contributed by atoms with van der Waals surface area (Å²) < 4.78 is 2.03. The van der Waals surface area contributed by atoms with E-state index in [1.165, 1.54) is 0 Å². The Kier molecular flexibility index (Phi) is 5.96. The minimum atomic E-state index is -0.519. The maximum atomic E-state index is 13.0. The smallest absolute Gasteiger partial charge is 0.280 e. The highest BCUT2D eigenvalue weighted by Crippen LogP contribution is 2.27. The summed E-state index contributed by atoms with van der Waals surface area (Å²) in [4.78, 5) is 44.3. The lowest BCUT2D eigenvalue weighted by atomic mass is 9.88. The molecule has 5 heterocycles. The van der Waals surface area contributed by atoms with Crippen molar-refractivity contribution in [2.45, 2.75) is 18.4 Å². The fourth-order valence-electron chi connectivity index (χ4n) is 4.06. The molecule has 2 aliphatic rings. The number of guanidine groups is 1. The van der Waals surface area contributed by atoms with Gasteiger partial charge in [0.2, 0.25) is 0 Å². The number of carbonyl (C=O) groups is 2. The molecule has 0 aromatic carbocycles. The largest absolute Gasteiger partial charge is 0.382 e. The molecule has 13 nitrogen and oxygen atoms in total. The van der Waals surface area contributed by atoms with Gasteiger partial charge in [-0.2, -0.15) is 5.10 Å². The molecule has 14 heteroatoms. The highest BCUT2D eigenvalue weighted by Gasteiger charge is 2.40. The molecule has 3 aromatic rings. The molecule has 5 rings (SSSR count). The number of carbonyl (C=O) groups excluding carboxylic acids is 2. The van der Waals surface area contributed by atoms with Crippen LogP contribution in [0.25, 0.3) is 5.82 Å². The summed E-state index contributed by atoms with van der Waals surface area (Å²) >= 11 is 1.89. The maximum Gasteiger partial charge on any atom is 0.280 e. The molecule has 6 N–H and O–H groups in total. The summed E-state index contributed by atoms with van der Waals surface area (Å²) in [6.07, 6.45) is 6.40. The first-order valence-corrected chi connectivity index (χ1v) is 11.9. The lowest BCUT2D eigenvalue weighted by Crippen LogP contribution is -2.57. The number of nitrogens with two attached hydrogens (primary N) is 2. The van der Waals surface area contributed by atoms with E-state index >= 15 is 0 Å². The Bertz CT molecular complexity index is 1300. The van der Waals surface area contributed by atoms with Crippen LogP contribution in [0.3, 0.4) is 0 Å². The van der Waals surface area contributed by atoms with Gasteiger partial charge in [0.05, 0.1) is 17.6 Å². The lowest BCUT2D eigenvalue weighted by Gasteiger charge is -2.39. The SMILES string of the molecule is Nc1nc(N)c(C(=O)NC2=NCC3(CCN(C(=O)c4ccc(-n5cccn5)nc4)CC3)N2)nc1I. The number of hydrogen-bond acceptors (Lipinski definition) is 10. The molecule has 0 aliphatic carbocycles. The van der Waals surface area contributed by atoms with Crippen molar-refractivity contribution in [3.8, 4) is 5.82 Å². The number of aliphatic imine (C=N–C) groups is 1. The second kappa shape index (κ2) is 9.09. The Morgan fingerprint density at radius 1 is 1.14 bits per heavy atom. The fourth-order valence-corrected chi connectivity index (χ4v) is 4.42. The number of piperidine rings is 1. The van der Waals surface area contributed by atoms with Crippen molar-refractivity contribution in [2.75, 3.05) is 31.1 Å². The first-order valence-electron chi connectivity index (χ1n) is 10.8. The van der Waals surface area contributed by atoms with Crippen LogP contribution in [0.2, 0.25) is 0 Å². The van der Waals surface area contributed by atoms with Gasteiger partial charge in [0.1, 0.15) is 3.70 Å². The van der Waals surface area contributed by atoms with E-state index < -0.39 is 5.91 Å². The molecule has 1 fully saturated rings. The average Bonchev–Trinajstić information content (AvgIpc) is 3.52. The summed E-state index contributed by atoms with van der Waals surface area (Å²) in [5.41, 5.74) is 11.7. The molecular formula is C21H22IN11O2. The number of amides is 2. The zero-order valence-corrected chi connectivity index (χ0v) is 20.6. The number of rotatable bonds is 3. The highest BCUT2D eigenvalue weighted by atomic mass is 127. The van der Waals surface area contributed by atoms with Crippen molar-refractivity contribution in [3.63, 3.8) is 0 Å². The molecule has 0 unspecified atom stereocenters. The zero-order valence-electron chi connectivity index (χ0n) is 18.5. The fraction of sp³-hybridized carbons (Fsp3) is 0.286. The van der Waals surface area contributed by atoms with Crippen molar-refractivity contribution < 1.29 is 9.59 Å². The third kappa shape index (κ3) is 4.60. The van der Waals surface area contributed by atoms with Gasteiger partial charge in [-0.15, -0.1) is 0 Å². The Hall–Kier alpha value is -3.82. The molecule has 2 aliphatic heterocycles. The van der Waals surface area contributed by atoms with Gasteiger partial charge in [-0.25, -0.2) is 19.6 Å². The second-order valence-electron chi connectivity index (χ2n) is 8.31.